The number of carbonyl (C=O) groups excluding carboxylic acids is 1. The lowest BCUT2D eigenvalue weighted by molar-refractivity contribution is -0.144. The molecular formula is C12H14N6O3. The molecular weight excluding hydrogens is 276 g/mol. The second-order valence-corrected chi connectivity index (χ2v) is 4.48. The minimum Gasteiger partial charge on any atom is -0.479 e. The van der Waals surface area contributed by atoms with Crippen LogP contribution in [0.4, 0.5) is 10.7 Å². The highest BCUT2D eigenvalue weighted by Gasteiger charge is 2.37. The van der Waals surface area contributed by atoms with Crippen LogP contribution in [0.5, 0.6) is 0 Å². The number of hydrogen-bond donors (Lipinski definition) is 3. The third kappa shape index (κ3) is 3.14. The molecule has 1 heterocycles. The van der Waals surface area contributed by atoms with Gasteiger partial charge in [0.05, 0.1) is 7.05 Å². The number of carboxylic acid groups (broad SMARTS) is 1. The first-order chi connectivity index (χ1) is 9.91. The number of nitrogens with zero attached hydrogens (tertiary/aromatic N) is 4. The molecule has 9 nitrogen and oxygen atoms in total. The molecule has 0 saturated heterocycles. The lowest BCUT2D eigenvalue weighted by atomic mass is 9.92. The lowest BCUT2D eigenvalue weighted by Gasteiger charge is -2.26. The molecule has 2 rings (SSSR count). The number of aliphatic carboxylic acids is 1. The molecule has 2 aromatic rings. The van der Waals surface area contributed by atoms with Crippen LogP contribution >= 0.6 is 0 Å². The maximum atomic E-state index is 11.9. The molecule has 3 N–H and O–H groups in total. The van der Waals surface area contributed by atoms with Gasteiger partial charge in [0, 0.05) is 0 Å². The van der Waals surface area contributed by atoms with Crippen molar-refractivity contribution in [2.24, 2.45) is 7.05 Å². The second-order valence-electron chi connectivity index (χ2n) is 4.48. The molecule has 21 heavy (non-hydrogen) atoms. The van der Waals surface area contributed by atoms with Crippen LogP contribution in [0.2, 0.25) is 0 Å². The van der Waals surface area contributed by atoms with Gasteiger partial charge in [-0.05, 0) is 17.7 Å². The zero-order valence-corrected chi connectivity index (χ0v) is 11.4. The number of amides is 2. The van der Waals surface area contributed by atoms with Crippen LogP contribution in [0, 0.1) is 0 Å². The first kappa shape index (κ1) is 14.4. The zero-order chi connectivity index (χ0) is 15.5. The number of carbonyl (C=O) groups is 2. The average Bonchev–Trinajstić information content (AvgIpc) is 2.84. The van der Waals surface area contributed by atoms with Crippen LogP contribution in [0.15, 0.2) is 30.3 Å². The van der Waals surface area contributed by atoms with Crippen molar-refractivity contribution >= 4 is 17.9 Å². The summed E-state index contributed by atoms with van der Waals surface area (Å²) in [5.41, 5.74) is -1.13. The van der Waals surface area contributed by atoms with Gasteiger partial charge in [-0.1, -0.05) is 35.4 Å². The number of anilines is 1. The van der Waals surface area contributed by atoms with Crippen LogP contribution in [-0.2, 0) is 17.4 Å². The van der Waals surface area contributed by atoms with Gasteiger partial charge in [0.1, 0.15) is 0 Å². The molecule has 0 spiro atoms. The van der Waals surface area contributed by atoms with Gasteiger partial charge in [-0.3, -0.25) is 5.32 Å². The van der Waals surface area contributed by atoms with Gasteiger partial charge in [0.2, 0.25) is 0 Å². The van der Waals surface area contributed by atoms with Gasteiger partial charge in [-0.2, -0.15) is 4.80 Å². The fourth-order valence-electron chi connectivity index (χ4n) is 1.71. The number of hydrogen-bond acceptors (Lipinski definition) is 5. The summed E-state index contributed by atoms with van der Waals surface area (Å²) in [6.45, 7) is 1.40. The van der Waals surface area contributed by atoms with Crippen LogP contribution < -0.4 is 10.6 Å². The van der Waals surface area contributed by atoms with Gasteiger partial charge in [0.15, 0.2) is 5.54 Å². The number of nitrogens with one attached hydrogen (secondary N) is 2. The molecule has 1 atom stereocenters. The highest BCUT2D eigenvalue weighted by Crippen LogP contribution is 2.20. The number of urea groups is 1. The van der Waals surface area contributed by atoms with E-state index in [-0.39, 0.29) is 5.95 Å². The van der Waals surface area contributed by atoms with E-state index in [0.717, 1.165) is 0 Å². The van der Waals surface area contributed by atoms with E-state index < -0.39 is 17.5 Å². The zero-order valence-electron chi connectivity index (χ0n) is 11.4. The predicted octanol–water partition coefficient (Wildman–Crippen LogP) is 0.332. The van der Waals surface area contributed by atoms with Crippen molar-refractivity contribution in [2.45, 2.75) is 12.5 Å². The smallest absolute Gasteiger partial charge is 0.333 e. The average molecular weight is 290 g/mol. The van der Waals surface area contributed by atoms with Crippen molar-refractivity contribution in [2.75, 3.05) is 5.32 Å². The molecule has 0 aliphatic heterocycles. The minimum atomic E-state index is -1.58. The highest BCUT2D eigenvalue weighted by atomic mass is 16.4. The van der Waals surface area contributed by atoms with Crippen molar-refractivity contribution in [3.63, 3.8) is 0 Å². The Balaban J connectivity index is 2.17. The molecule has 0 saturated carbocycles. The molecule has 1 aromatic heterocycles. The van der Waals surface area contributed by atoms with E-state index in [1.54, 1.807) is 37.4 Å². The van der Waals surface area contributed by atoms with Crippen molar-refractivity contribution < 1.29 is 14.7 Å². The quantitative estimate of drug-likeness (QED) is 0.746. The lowest BCUT2D eigenvalue weighted by Crippen LogP contribution is -2.51. The van der Waals surface area contributed by atoms with Crippen molar-refractivity contribution in [3.8, 4) is 0 Å². The number of aryl methyl sites for hydroxylation is 1. The van der Waals surface area contributed by atoms with E-state index in [2.05, 4.69) is 26.0 Å². The normalized spacial score (nSPS) is 13.2. The van der Waals surface area contributed by atoms with Crippen LogP contribution in [0.1, 0.15) is 12.5 Å². The van der Waals surface area contributed by atoms with Crippen LogP contribution in [0.25, 0.3) is 0 Å². The summed E-state index contributed by atoms with van der Waals surface area (Å²) in [5.74, 6) is -1.20. The molecule has 0 bridgehead atoms. The third-order valence-corrected chi connectivity index (χ3v) is 2.88. The molecule has 0 radical (unpaired) electrons. The van der Waals surface area contributed by atoms with Crippen molar-refractivity contribution in [1.29, 1.82) is 0 Å². The Hall–Kier alpha value is -2.97. The van der Waals surface area contributed by atoms with Crippen LogP contribution in [-0.4, -0.2) is 37.3 Å². The van der Waals surface area contributed by atoms with E-state index in [0.29, 0.717) is 5.56 Å². The summed E-state index contributed by atoms with van der Waals surface area (Å²) in [7, 11) is 1.54. The number of benzene rings is 1. The van der Waals surface area contributed by atoms with Crippen molar-refractivity contribution in [3.05, 3.63) is 35.9 Å². The Bertz CT molecular complexity index is 656. The Morgan fingerprint density at radius 3 is 2.48 bits per heavy atom. The summed E-state index contributed by atoms with van der Waals surface area (Å²) >= 11 is 0. The highest BCUT2D eigenvalue weighted by molar-refractivity contribution is 5.93. The van der Waals surface area contributed by atoms with Gasteiger partial charge in [-0.25, -0.2) is 9.59 Å². The predicted molar refractivity (Wildman–Crippen MR) is 72.4 cm³/mol. The van der Waals surface area contributed by atoms with Gasteiger partial charge < -0.3 is 10.4 Å². The van der Waals surface area contributed by atoms with E-state index in [9.17, 15) is 14.7 Å². The van der Waals surface area contributed by atoms with E-state index >= 15 is 0 Å². The minimum absolute atomic E-state index is 0.0178. The van der Waals surface area contributed by atoms with E-state index in [1.165, 1.54) is 11.7 Å². The summed E-state index contributed by atoms with van der Waals surface area (Å²) in [4.78, 5) is 24.6. The molecule has 9 heteroatoms. The largest absolute Gasteiger partial charge is 0.479 e. The van der Waals surface area contributed by atoms with E-state index in [4.69, 9.17) is 0 Å². The first-order valence-electron chi connectivity index (χ1n) is 6.04. The Morgan fingerprint density at radius 1 is 1.29 bits per heavy atom. The first-order valence-corrected chi connectivity index (χ1v) is 6.04. The van der Waals surface area contributed by atoms with Gasteiger partial charge in [-0.15, -0.1) is 5.10 Å². The standard InChI is InChI=1S/C12H14N6O3/c1-12(9(19)20,8-6-4-3-5-7-8)14-11(21)13-10-15-17-18(2)16-10/h3-7H,1-2H3,(H,19,20)(H2,13,14,16,21). The number of tetrazole rings is 1. The maximum absolute atomic E-state index is 11.9. The van der Waals surface area contributed by atoms with Crippen LogP contribution in [0.3, 0.4) is 0 Å². The summed E-state index contributed by atoms with van der Waals surface area (Å²) in [6.07, 6.45) is 0. The SMILES string of the molecule is Cn1nnc(NC(=O)NC(C)(C(=O)O)c2ccccc2)n1. The fourth-order valence-corrected chi connectivity index (χ4v) is 1.71. The second kappa shape index (κ2) is 5.57. The molecule has 2 amide bonds. The van der Waals surface area contributed by atoms with E-state index in [1.807, 2.05) is 0 Å². The monoisotopic (exact) mass is 290 g/mol. The Kier molecular flexibility index (Phi) is 3.83. The number of carboxylic acids is 1. The molecule has 0 fully saturated rings. The molecule has 1 unspecified atom stereocenters. The van der Waals surface area contributed by atoms with Crippen molar-refractivity contribution in [1.82, 2.24) is 25.5 Å². The Morgan fingerprint density at radius 2 is 1.95 bits per heavy atom. The topological polar surface area (TPSA) is 122 Å². The molecule has 1 aromatic carbocycles. The summed E-state index contributed by atoms with van der Waals surface area (Å²) < 4.78 is 0. The molecule has 110 valence electrons. The summed E-state index contributed by atoms with van der Waals surface area (Å²) in [5, 5.41) is 25.1. The van der Waals surface area contributed by atoms with Gasteiger partial charge >= 0.3 is 12.0 Å². The Labute approximate surface area is 120 Å². The molecule has 0 aliphatic rings. The van der Waals surface area contributed by atoms with Gasteiger partial charge in [0.25, 0.3) is 5.95 Å². The number of aromatic nitrogens is 4. The molecule has 0 aliphatic carbocycles. The maximum Gasteiger partial charge on any atom is 0.333 e. The third-order valence-electron chi connectivity index (χ3n) is 2.88. The fraction of sp³-hybridized carbons (Fsp3) is 0.250. The number of rotatable bonds is 4. The summed E-state index contributed by atoms with van der Waals surface area (Å²) in [6, 6.07) is 7.65.